The summed E-state index contributed by atoms with van der Waals surface area (Å²) in [5, 5.41) is 0. The van der Waals surface area contributed by atoms with E-state index in [0.29, 0.717) is 12.5 Å². The predicted octanol–water partition coefficient (Wildman–Crippen LogP) is 2.84. The molecular formula is C17H28N2O. The topological polar surface area (TPSA) is 23.6 Å². The van der Waals surface area contributed by atoms with E-state index < -0.39 is 0 Å². The monoisotopic (exact) mass is 276 g/mol. The molecule has 1 rings (SSSR count). The number of nitrogens with zero attached hydrogens (tertiary/aromatic N) is 2. The summed E-state index contributed by atoms with van der Waals surface area (Å²) < 4.78 is 0. The largest absolute Gasteiger partial charge is 0.308 e. The molecule has 3 nitrogen and oxygen atoms in total. The van der Waals surface area contributed by atoms with Gasteiger partial charge in [-0.05, 0) is 40.1 Å². The van der Waals surface area contributed by atoms with Gasteiger partial charge in [-0.1, -0.05) is 31.2 Å². The van der Waals surface area contributed by atoms with E-state index in [-0.39, 0.29) is 5.78 Å². The van der Waals surface area contributed by atoms with Crippen molar-refractivity contribution in [1.82, 2.24) is 9.80 Å². The van der Waals surface area contributed by atoms with Crippen LogP contribution in [0.2, 0.25) is 0 Å². The minimum Gasteiger partial charge on any atom is -0.308 e. The zero-order valence-electron chi connectivity index (χ0n) is 13.5. The van der Waals surface area contributed by atoms with Crippen LogP contribution in [0.4, 0.5) is 0 Å². The van der Waals surface area contributed by atoms with Gasteiger partial charge in [0.2, 0.25) is 0 Å². The van der Waals surface area contributed by atoms with Gasteiger partial charge in [-0.25, -0.2) is 0 Å². The third-order valence-corrected chi connectivity index (χ3v) is 3.73. The Balaban J connectivity index is 2.56. The zero-order valence-corrected chi connectivity index (χ0v) is 13.5. The number of ketones is 1. The summed E-state index contributed by atoms with van der Waals surface area (Å²) in [4.78, 5) is 16.9. The van der Waals surface area contributed by atoms with Crippen LogP contribution in [-0.2, 0) is 0 Å². The molecule has 1 aromatic carbocycles. The molecule has 0 saturated heterocycles. The van der Waals surface area contributed by atoms with E-state index in [2.05, 4.69) is 37.7 Å². The molecule has 0 spiro atoms. The van der Waals surface area contributed by atoms with Crippen LogP contribution in [0.25, 0.3) is 0 Å². The Labute approximate surface area is 123 Å². The summed E-state index contributed by atoms with van der Waals surface area (Å²) in [5.41, 5.74) is 1.94. The average molecular weight is 276 g/mol. The minimum atomic E-state index is 0.249. The van der Waals surface area contributed by atoms with Crippen LogP contribution in [-0.4, -0.2) is 55.4 Å². The van der Waals surface area contributed by atoms with Gasteiger partial charge in [0.05, 0.1) is 0 Å². The first kappa shape index (κ1) is 16.9. The minimum absolute atomic E-state index is 0.249. The molecule has 112 valence electrons. The number of likely N-dealkylation sites (N-methyl/N-ethyl adjacent to an activating group) is 2. The van der Waals surface area contributed by atoms with Crippen molar-refractivity contribution in [3.8, 4) is 0 Å². The van der Waals surface area contributed by atoms with Crippen molar-refractivity contribution in [3.63, 3.8) is 0 Å². The van der Waals surface area contributed by atoms with Crippen LogP contribution in [0.15, 0.2) is 24.3 Å². The molecule has 0 N–H and O–H groups in total. The van der Waals surface area contributed by atoms with Crippen molar-refractivity contribution < 1.29 is 4.79 Å². The highest BCUT2D eigenvalue weighted by molar-refractivity contribution is 5.97. The lowest BCUT2D eigenvalue weighted by Gasteiger charge is -2.29. The van der Waals surface area contributed by atoms with Crippen LogP contribution < -0.4 is 0 Å². The molecule has 0 aliphatic heterocycles. The van der Waals surface area contributed by atoms with E-state index in [0.717, 1.165) is 30.8 Å². The molecule has 0 bridgehead atoms. The molecule has 0 aromatic heterocycles. The Bertz CT molecular complexity index is 429. The van der Waals surface area contributed by atoms with Crippen LogP contribution in [0, 0.1) is 6.92 Å². The van der Waals surface area contributed by atoms with Gasteiger partial charge in [0.1, 0.15) is 0 Å². The van der Waals surface area contributed by atoms with E-state index >= 15 is 0 Å². The van der Waals surface area contributed by atoms with Crippen molar-refractivity contribution in [1.29, 1.82) is 0 Å². The number of benzene rings is 1. The maximum absolute atomic E-state index is 12.3. The molecule has 0 heterocycles. The summed E-state index contributed by atoms with van der Waals surface area (Å²) in [6.45, 7) is 9.22. The van der Waals surface area contributed by atoms with Crippen molar-refractivity contribution in [2.24, 2.45) is 0 Å². The summed E-state index contributed by atoms with van der Waals surface area (Å²) in [5.74, 6) is 0.249. The van der Waals surface area contributed by atoms with Gasteiger partial charge in [-0.2, -0.15) is 0 Å². The van der Waals surface area contributed by atoms with Gasteiger partial charge in [0.25, 0.3) is 0 Å². The normalized spacial score (nSPS) is 12.9. The molecular weight excluding hydrogens is 248 g/mol. The quantitative estimate of drug-likeness (QED) is 0.682. The number of carbonyl (C=O) groups excluding carboxylic acids is 1. The maximum atomic E-state index is 12.3. The van der Waals surface area contributed by atoms with Gasteiger partial charge < -0.3 is 4.90 Å². The van der Waals surface area contributed by atoms with Gasteiger partial charge >= 0.3 is 0 Å². The number of rotatable bonds is 8. The predicted molar refractivity (Wildman–Crippen MR) is 85.4 cm³/mol. The lowest BCUT2D eigenvalue weighted by atomic mass is 10.0. The average Bonchev–Trinajstić information content (AvgIpc) is 2.38. The molecule has 0 fully saturated rings. The summed E-state index contributed by atoms with van der Waals surface area (Å²) >= 11 is 0. The smallest absolute Gasteiger partial charge is 0.164 e. The first-order valence-electron chi connectivity index (χ1n) is 7.43. The summed E-state index contributed by atoms with van der Waals surface area (Å²) in [7, 11) is 4.17. The molecule has 3 heteroatoms. The highest BCUT2D eigenvalue weighted by Gasteiger charge is 2.15. The van der Waals surface area contributed by atoms with Crippen LogP contribution >= 0.6 is 0 Å². The highest BCUT2D eigenvalue weighted by atomic mass is 16.1. The highest BCUT2D eigenvalue weighted by Crippen LogP contribution is 2.11. The third-order valence-electron chi connectivity index (χ3n) is 3.73. The molecule has 20 heavy (non-hydrogen) atoms. The fourth-order valence-electron chi connectivity index (χ4n) is 2.60. The SMILES string of the molecule is CCN(CCC(=O)c1ccccc1C)C(C)CN(C)C. The standard InChI is InChI=1S/C17H28N2O/c1-6-19(15(3)13-18(4)5)12-11-17(20)16-10-8-7-9-14(16)2/h7-10,15H,6,11-13H2,1-5H3. The molecule has 0 aliphatic rings. The van der Waals surface area contributed by atoms with Crippen LogP contribution in [0.1, 0.15) is 36.2 Å². The van der Waals surface area contributed by atoms with E-state index in [1.807, 2.05) is 31.2 Å². The molecule has 1 atom stereocenters. The fourth-order valence-corrected chi connectivity index (χ4v) is 2.60. The second kappa shape index (κ2) is 8.18. The number of aryl methyl sites for hydroxylation is 1. The number of hydrogen-bond acceptors (Lipinski definition) is 3. The Morgan fingerprint density at radius 1 is 1.25 bits per heavy atom. The van der Waals surface area contributed by atoms with Crippen molar-refractivity contribution in [2.75, 3.05) is 33.7 Å². The lowest BCUT2D eigenvalue weighted by molar-refractivity contribution is 0.0948. The fraction of sp³-hybridized carbons (Fsp3) is 0.588. The number of hydrogen-bond donors (Lipinski definition) is 0. The second-order valence-electron chi connectivity index (χ2n) is 5.73. The molecule has 0 saturated carbocycles. The van der Waals surface area contributed by atoms with E-state index in [1.165, 1.54) is 0 Å². The summed E-state index contributed by atoms with van der Waals surface area (Å²) in [6.07, 6.45) is 0.594. The van der Waals surface area contributed by atoms with Gasteiger partial charge in [0.15, 0.2) is 5.78 Å². The molecule has 0 amide bonds. The van der Waals surface area contributed by atoms with Crippen molar-refractivity contribution in [2.45, 2.75) is 33.2 Å². The van der Waals surface area contributed by atoms with Gasteiger partial charge in [0, 0.05) is 31.1 Å². The molecule has 0 radical (unpaired) electrons. The Morgan fingerprint density at radius 2 is 1.90 bits per heavy atom. The van der Waals surface area contributed by atoms with Crippen LogP contribution in [0.3, 0.4) is 0 Å². The summed E-state index contributed by atoms with van der Waals surface area (Å²) in [6, 6.07) is 8.31. The van der Waals surface area contributed by atoms with E-state index in [4.69, 9.17) is 0 Å². The van der Waals surface area contributed by atoms with Gasteiger partial charge in [-0.15, -0.1) is 0 Å². The Kier molecular flexibility index (Phi) is 6.89. The van der Waals surface area contributed by atoms with Crippen molar-refractivity contribution in [3.05, 3.63) is 35.4 Å². The number of carbonyl (C=O) groups is 1. The Hall–Kier alpha value is -1.19. The van der Waals surface area contributed by atoms with Gasteiger partial charge in [-0.3, -0.25) is 9.69 Å². The van der Waals surface area contributed by atoms with E-state index in [1.54, 1.807) is 0 Å². The Morgan fingerprint density at radius 3 is 2.45 bits per heavy atom. The first-order chi connectivity index (χ1) is 9.45. The third kappa shape index (κ3) is 5.06. The van der Waals surface area contributed by atoms with Crippen molar-refractivity contribution >= 4 is 5.78 Å². The lowest BCUT2D eigenvalue weighted by Crippen LogP contribution is -2.41. The van der Waals surface area contributed by atoms with Crippen LogP contribution in [0.5, 0.6) is 0 Å². The maximum Gasteiger partial charge on any atom is 0.164 e. The second-order valence-corrected chi connectivity index (χ2v) is 5.73. The molecule has 1 aromatic rings. The molecule has 0 aliphatic carbocycles. The zero-order chi connectivity index (χ0) is 15.1. The molecule has 1 unspecified atom stereocenters. The number of Topliss-reactive ketones (excluding diaryl/α,β-unsaturated/α-hetero) is 1. The van der Waals surface area contributed by atoms with E-state index in [9.17, 15) is 4.79 Å². The first-order valence-corrected chi connectivity index (χ1v) is 7.43.